The highest BCUT2D eigenvalue weighted by atomic mass is 16.7. The van der Waals surface area contributed by atoms with E-state index < -0.39 is 104 Å². The lowest BCUT2D eigenvalue weighted by Gasteiger charge is -2.46. The fourth-order valence-electron chi connectivity index (χ4n) is 7.69. The molecule has 2 fully saturated rings. The summed E-state index contributed by atoms with van der Waals surface area (Å²) >= 11 is 0. The van der Waals surface area contributed by atoms with Crippen LogP contribution in [0.5, 0.6) is 0 Å². The molecule has 0 aromatic heterocycles. The van der Waals surface area contributed by atoms with Crippen LogP contribution in [0.3, 0.4) is 0 Å². The van der Waals surface area contributed by atoms with E-state index in [2.05, 4.69) is 20.8 Å². The number of aliphatic hydroxyl groups is 10. The van der Waals surface area contributed by atoms with Crippen LogP contribution in [0.25, 0.3) is 0 Å². The molecule has 0 spiro atoms. The summed E-state index contributed by atoms with van der Waals surface area (Å²) in [4.78, 5) is 11.2. The molecule has 2 saturated heterocycles. The molecule has 0 aliphatic carbocycles. The predicted octanol–water partition coefficient (Wildman–Crippen LogP) is 2.95. The summed E-state index contributed by atoms with van der Waals surface area (Å²) in [5.74, 6) is -2.15. The monoisotopic (exact) mass is 908 g/mol. The molecule has 1 unspecified atom stereocenters. The highest BCUT2D eigenvalue weighted by molar-refractivity contribution is 5.75. The lowest BCUT2D eigenvalue weighted by Crippen LogP contribution is -2.61. The molecule has 2 rings (SSSR count). The summed E-state index contributed by atoms with van der Waals surface area (Å²) < 4.78 is 18.1. The lowest BCUT2D eigenvalue weighted by atomic mass is 9.83. The highest BCUT2D eigenvalue weighted by Crippen LogP contribution is 2.37. The van der Waals surface area contributed by atoms with Gasteiger partial charge in [0.1, 0.15) is 11.9 Å². The van der Waals surface area contributed by atoms with Crippen LogP contribution >= 0.6 is 0 Å². The molecule has 0 radical (unpaired) electrons. The van der Waals surface area contributed by atoms with Crippen LogP contribution in [0.1, 0.15) is 99.8 Å². The topological polar surface area (TPSA) is 273 Å². The fraction of sp³-hybridized carbons (Fsp3) is 0.694. The zero-order valence-electron chi connectivity index (χ0n) is 38.8. The van der Waals surface area contributed by atoms with E-state index in [4.69, 9.17) is 19.9 Å². The van der Waals surface area contributed by atoms with Gasteiger partial charge in [-0.15, -0.1) is 0 Å². The van der Waals surface area contributed by atoms with Crippen LogP contribution in [-0.4, -0.2) is 148 Å². The molecular weight excluding hydrogens is 827 g/mol. The largest absolute Gasteiger partial charge is 0.393 e. The Kier molecular flexibility index (Phi) is 26.1. The van der Waals surface area contributed by atoms with Crippen molar-refractivity contribution in [2.24, 2.45) is 29.4 Å². The minimum atomic E-state index is -2.06. The van der Waals surface area contributed by atoms with Gasteiger partial charge in [-0.05, 0) is 51.4 Å². The minimum absolute atomic E-state index is 0.0141. The first-order chi connectivity index (χ1) is 30.0. The zero-order chi connectivity index (χ0) is 48.1. The third-order valence-corrected chi connectivity index (χ3v) is 12.2. The molecule has 2 heterocycles. The van der Waals surface area contributed by atoms with Gasteiger partial charge in [0.05, 0.1) is 73.2 Å². The number of Topliss-reactive ketones (excluding diaryl/α,β-unsaturated/α-hetero) is 1. The van der Waals surface area contributed by atoms with Gasteiger partial charge in [-0.3, -0.25) is 4.79 Å². The Balaban J connectivity index is 2.06. The second-order valence-corrected chi connectivity index (χ2v) is 18.3. The van der Waals surface area contributed by atoms with Crippen molar-refractivity contribution in [2.45, 2.75) is 191 Å². The number of carbonyl (C=O) groups is 1. The normalized spacial score (nSPS) is 31.8. The van der Waals surface area contributed by atoms with E-state index in [0.717, 1.165) is 0 Å². The van der Waals surface area contributed by atoms with E-state index in [-0.39, 0.29) is 62.6 Å². The van der Waals surface area contributed by atoms with E-state index in [0.29, 0.717) is 5.92 Å². The van der Waals surface area contributed by atoms with Gasteiger partial charge in [0.25, 0.3) is 0 Å². The second kappa shape index (κ2) is 29.1. The summed E-state index contributed by atoms with van der Waals surface area (Å²) in [6.45, 7) is 12.9. The molecule has 0 bridgehead atoms. The number of carbonyl (C=O) groups excluding carboxylic acids is 1. The van der Waals surface area contributed by atoms with Crippen molar-refractivity contribution in [3.63, 3.8) is 0 Å². The number of ketones is 1. The van der Waals surface area contributed by atoms with Crippen molar-refractivity contribution >= 4 is 5.78 Å². The SMILES string of the molecule is CC(=O)C[C@H](O)C[C@H](O)C[C@H](O)CC[C@@H](O)[C@H](O)C[C@]1(O)C[C@H](O)[C@@H](C)C(C[C@H](/C=C/C=C/C=C/C=C/C=C/C=C/C=C/[C@H](C)[C@@H](O)[C@@H](C)C(C)C)O[C@@H]2O[C@H](C)[C@@H](O)[C@H](N)[C@@H]2O)O1. The van der Waals surface area contributed by atoms with Crippen LogP contribution in [0.4, 0.5) is 0 Å². The third-order valence-electron chi connectivity index (χ3n) is 12.2. The molecule has 2 aliphatic heterocycles. The highest BCUT2D eigenvalue weighted by Gasteiger charge is 2.47. The zero-order valence-corrected chi connectivity index (χ0v) is 38.8. The Hall–Kier alpha value is -2.71. The van der Waals surface area contributed by atoms with Crippen molar-refractivity contribution < 1.29 is 70.1 Å². The second-order valence-electron chi connectivity index (χ2n) is 18.3. The minimum Gasteiger partial charge on any atom is -0.393 e. The molecule has 0 aromatic carbocycles. The van der Waals surface area contributed by atoms with Gasteiger partial charge in [0.2, 0.25) is 0 Å². The van der Waals surface area contributed by atoms with Crippen LogP contribution in [0, 0.1) is 23.7 Å². The number of rotatable bonds is 27. The number of aliphatic hydroxyl groups excluding tert-OH is 9. The van der Waals surface area contributed by atoms with Gasteiger partial charge in [0, 0.05) is 37.5 Å². The van der Waals surface area contributed by atoms with E-state index in [1.807, 2.05) is 67.7 Å². The third kappa shape index (κ3) is 20.9. The van der Waals surface area contributed by atoms with Gasteiger partial charge in [-0.1, -0.05) is 120 Å². The van der Waals surface area contributed by atoms with Gasteiger partial charge in [-0.25, -0.2) is 0 Å². The molecule has 18 atom stereocenters. The molecule has 15 heteroatoms. The van der Waals surface area contributed by atoms with Crippen molar-refractivity contribution in [1.82, 2.24) is 0 Å². The average molecular weight is 908 g/mol. The number of hydrogen-bond acceptors (Lipinski definition) is 15. The summed E-state index contributed by atoms with van der Waals surface area (Å²) in [6, 6.07) is -1.05. The van der Waals surface area contributed by atoms with E-state index in [1.54, 1.807) is 38.2 Å². The maximum atomic E-state index is 11.5. The smallest absolute Gasteiger partial charge is 0.186 e. The number of nitrogens with two attached hydrogens (primary N) is 1. The summed E-state index contributed by atoms with van der Waals surface area (Å²) in [5, 5.41) is 106. The first-order valence-electron chi connectivity index (χ1n) is 22.8. The lowest BCUT2D eigenvalue weighted by molar-refractivity contribution is -0.310. The predicted molar refractivity (Wildman–Crippen MR) is 245 cm³/mol. The first kappa shape index (κ1) is 57.4. The van der Waals surface area contributed by atoms with Gasteiger partial charge in [0.15, 0.2) is 12.1 Å². The van der Waals surface area contributed by atoms with Gasteiger partial charge < -0.3 is 71.0 Å². The van der Waals surface area contributed by atoms with Crippen molar-refractivity contribution in [2.75, 3.05) is 0 Å². The number of hydrogen-bond donors (Lipinski definition) is 11. The average Bonchev–Trinajstić information content (AvgIpc) is 3.21. The summed E-state index contributed by atoms with van der Waals surface area (Å²) in [5.41, 5.74) is 6.06. The van der Waals surface area contributed by atoms with E-state index in [1.165, 1.54) is 6.92 Å². The molecule has 0 amide bonds. The van der Waals surface area contributed by atoms with Gasteiger partial charge >= 0.3 is 0 Å². The molecule has 12 N–H and O–H groups in total. The van der Waals surface area contributed by atoms with Gasteiger partial charge in [-0.2, -0.15) is 0 Å². The Morgan fingerprint density at radius 1 is 0.750 bits per heavy atom. The van der Waals surface area contributed by atoms with E-state index >= 15 is 0 Å². The van der Waals surface area contributed by atoms with Crippen LogP contribution in [-0.2, 0) is 19.0 Å². The molecule has 64 heavy (non-hydrogen) atoms. The Morgan fingerprint density at radius 2 is 1.28 bits per heavy atom. The summed E-state index contributed by atoms with van der Waals surface area (Å²) in [7, 11) is 0. The summed E-state index contributed by atoms with van der Waals surface area (Å²) in [6.07, 6.45) is 11.0. The Morgan fingerprint density at radius 3 is 1.83 bits per heavy atom. The Bertz CT molecular complexity index is 1550. The van der Waals surface area contributed by atoms with Crippen LogP contribution in [0.15, 0.2) is 85.1 Å². The van der Waals surface area contributed by atoms with Crippen molar-refractivity contribution in [3.05, 3.63) is 85.1 Å². The number of ether oxygens (including phenoxy) is 3. The van der Waals surface area contributed by atoms with Crippen LogP contribution < -0.4 is 5.73 Å². The molecule has 15 nitrogen and oxygen atoms in total. The molecule has 0 aromatic rings. The van der Waals surface area contributed by atoms with Crippen molar-refractivity contribution in [3.8, 4) is 0 Å². The maximum absolute atomic E-state index is 11.5. The standard InChI is InChI=1S/C49H81NO14/c1-30(2)33(5)45(58)31(3)20-18-16-14-12-10-8-9-11-13-15-17-19-21-39(63-48-47(60)44(50)46(59)35(7)62-48)27-43-34(6)41(56)28-49(61,64-43)29-42(57)40(55)23-22-36(52)25-38(54)26-37(53)24-32(4)51/h8-21,30-31,33-48,52-61H,22-29,50H2,1-7H3/b9-8+,12-10+,13-11+,16-14+,17-15+,20-18+,21-19+/t31-,33-,34+,35+,36+,37-,38+,39-,40+,41-,42+,43?,44-,45+,46+,47-,48-,49-/m0/s1. The molecule has 0 saturated carbocycles. The van der Waals surface area contributed by atoms with Crippen molar-refractivity contribution in [1.29, 1.82) is 0 Å². The van der Waals surface area contributed by atoms with E-state index in [9.17, 15) is 55.9 Å². The maximum Gasteiger partial charge on any atom is 0.186 e. The molecular formula is C49H81NO14. The Labute approximate surface area is 380 Å². The van der Waals surface area contributed by atoms with Crippen LogP contribution in [0.2, 0.25) is 0 Å². The molecule has 2 aliphatic rings. The quantitative estimate of drug-likeness (QED) is 0.0529. The molecule has 366 valence electrons. The fourth-order valence-corrected chi connectivity index (χ4v) is 7.69. The first-order valence-corrected chi connectivity index (χ1v) is 22.8. The number of allylic oxidation sites excluding steroid dienone is 12.